The number of nitrogens with zero attached hydrogens (tertiary/aromatic N) is 4. The highest BCUT2D eigenvalue weighted by molar-refractivity contribution is 7.09. The molecule has 19 heavy (non-hydrogen) atoms. The van der Waals surface area contributed by atoms with Gasteiger partial charge in [-0.25, -0.2) is 4.98 Å². The first-order valence-electron chi connectivity index (χ1n) is 6.25. The van der Waals surface area contributed by atoms with Gasteiger partial charge >= 0.3 is 0 Å². The van der Waals surface area contributed by atoms with E-state index >= 15 is 0 Å². The summed E-state index contributed by atoms with van der Waals surface area (Å²) in [5, 5.41) is 7.04. The second kappa shape index (κ2) is 5.36. The number of hydrogen-bond donors (Lipinski definition) is 0. The second-order valence-electron chi connectivity index (χ2n) is 4.62. The van der Waals surface area contributed by atoms with Crippen LogP contribution in [0.5, 0.6) is 0 Å². The summed E-state index contributed by atoms with van der Waals surface area (Å²) in [6.07, 6.45) is 0. The highest BCUT2D eigenvalue weighted by Crippen LogP contribution is 2.25. The molecular weight excluding hydrogens is 264 g/mol. The summed E-state index contributed by atoms with van der Waals surface area (Å²) in [5.41, 5.74) is 1.07. The van der Waals surface area contributed by atoms with E-state index in [2.05, 4.69) is 25.4 Å². The number of thiazole rings is 1. The van der Waals surface area contributed by atoms with Gasteiger partial charge in [0, 0.05) is 17.6 Å². The fraction of sp³-hybridized carbons (Fsp3) is 0.583. The normalized spacial score (nSPS) is 20.8. The largest absolute Gasteiger partial charge is 0.378 e. The summed E-state index contributed by atoms with van der Waals surface area (Å²) in [6, 6.07) is 0.0270. The van der Waals surface area contributed by atoms with Crippen LogP contribution in [0.25, 0.3) is 0 Å². The van der Waals surface area contributed by atoms with Crippen LogP contribution in [0, 0.1) is 13.8 Å². The third-order valence-electron chi connectivity index (χ3n) is 3.07. The van der Waals surface area contributed by atoms with Crippen molar-refractivity contribution in [2.75, 3.05) is 19.8 Å². The highest BCUT2D eigenvalue weighted by Gasteiger charge is 2.29. The van der Waals surface area contributed by atoms with Gasteiger partial charge in [0.05, 0.1) is 19.8 Å². The number of ether oxygens (including phenoxy) is 1. The molecular formula is C12H16N4O2S. The van der Waals surface area contributed by atoms with Gasteiger partial charge in [-0.3, -0.25) is 4.90 Å². The van der Waals surface area contributed by atoms with Crippen LogP contribution in [0.15, 0.2) is 9.90 Å². The van der Waals surface area contributed by atoms with Crippen molar-refractivity contribution in [3.8, 4) is 0 Å². The summed E-state index contributed by atoms with van der Waals surface area (Å²) in [5.74, 6) is 1.29. The molecule has 0 radical (unpaired) electrons. The van der Waals surface area contributed by atoms with Gasteiger partial charge in [-0.2, -0.15) is 4.98 Å². The standard InChI is InChI=1S/C12H16N4O2S/c1-8-7-19-11(13-8)5-16-3-4-17-6-10(16)12-14-9(2)15-18-12/h7,10H,3-6H2,1-2H3/t10-/m1/s1. The minimum absolute atomic E-state index is 0.0270. The van der Waals surface area contributed by atoms with E-state index in [-0.39, 0.29) is 6.04 Å². The molecule has 0 amide bonds. The van der Waals surface area contributed by atoms with Crippen molar-refractivity contribution in [2.45, 2.75) is 26.4 Å². The minimum atomic E-state index is 0.0270. The Hall–Kier alpha value is -1.31. The lowest BCUT2D eigenvalue weighted by molar-refractivity contribution is -0.0241. The summed E-state index contributed by atoms with van der Waals surface area (Å²) in [7, 11) is 0. The lowest BCUT2D eigenvalue weighted by Gasteiger charge is -2.32. The van der Waals surface area contributed by atoms with E-state index in [1.165, 1.54) is 0 Å². The van der Waals surface area contributed by atoms with Crippen molar-refractivity contribution in [3.63, 3.8) is 0 Å². The van der Waals surface area contributed by atoms with Gasteiger partial charge in [0.2, 0.25) is 5.89 Å². The molecule has 102 valence electrons. The summed E-state index contributed by atoms with van der Waals surface area (Å²) >= 11 is 1.69. The molecule has 1 saturated heterocycles. The lowest BCUT2D eigenvalue weighted by atomic mass is 10.2. The van der Waals surface area contributed by atoms with E-state index in [9.17, 15) is 0 Å². The first kappa shape index (κ1) is 12.7. The molecule has 2 aromatic rings. The second-order valence-corrected chi connectivity index (χ2v) is 5.57. The molecule has 1 aliphatic rings. The van der Waals surface area contributed by atoms with Gasteiger partial charge in [0.15, 0.2) is 5.82 Å². The van der Waals surface area contributed by atoms with Crippen LogP contribution in [0.4, 0.5) is 0 Å². The van der Waals surface area contributed by atoms with Crippen LogP contribution >= 0.6 is 11.3 Å². The van der Waals surface area contributed by atoms with Gasteiger partial charge in [-0.15, -0.1) is 11.3 Å². The van der Waals surface area contributed by atoms with Crippen molar-refractivity contribution in [1.29, 1.82) is 0 Å². The van der Waals surface area contributed by atoms with Crippen molar-refractivity contribution < 1.29 is 9.26 Å². The topological polar surface area (TPSA) is 64.3 Å². The summed E-state index contributed by atoms with van der Waals surface area (Å²) < 4.78 is 10.8. The van der Waals surface area contributed by atoms with E-state index < -0.39 is 0 Å². The van der Waals surface area contributed by atoms with Crippen LogP contribution in [-0.2, 0) is 11.3 Å². The Bertz CT molecular complexity index is 553. The van der Waals surface area contributed by atoms with Crippen LogP contribution in [0.1, 0.15) is 28.5 Å². The number of aryl methyl sites for hydroxylation is 2. The zero-order valence-corrected chi connectivity index (χ0v) is 11.8. The highest BCUT2D eigenvalue weighted by atomic mass is 32.1. The zero-order chi connectivity index (χ0) is 13.2. The molecule has 6 nitrogen and oxygen atoms in total. The Morgan fingerprint density at radius 3 is 3.00 bits per heavy atom. The zero-order valence-electron chi connectivity index (χ0n) is 11.0. The molecule has 2 aromatic heterocycles. The maximum atomic E-state index is 5.53. The van der Waals surface area contributed by atoms with E-state index in [0.717, 1.165) is 30.4 Å². The van der Waals surface area contributed by atoms with E-state index in [0.29, 0.717) is 18.3 Å². The molecule has 0 N–H and O–H groups in total. The fourth-order valence-electron chi connectivity index (χ4n) is 2.15. The summed E-state index contributed by atoms with van der Waals surface area (Å²) in [4.78, 5) is 11.1. The Balaban J connectivity index is 1.77. The van der Waals surface area contributed by atoms with Gasteiger partial charge in [-0.1, -0.05) is 5.16 Å². The monoisotopic (exact) mass is 280 g/mol. The first-order chi connectivity index (χ1) is 9.22. The van der Waals surface area contributed by atoms with Crippen molar-refractivity contribution in [1.82, 2.24) is 20.0 Å². The van der Waals surface area contributed by atoms with Crippen molar-refractivity contribution in [2.24, 2.45) is 0 Å². The van der Waals surface area contributed by atoms with Gasteiger partial charge < -0.3 is 9.26 Å². The smallest absolute Gasteiger partial charge is 0.246 e. The molecule has 0 saturated carbocycles. The van der Waals surface area contributed by atoms with Gasteiger partial charge in [-0.05, 0) is 13.8 Å². The predicted molar refractivity (Wildman–Crippen MR) is 69.9 cm³/mol. The number of morpholine rings is 1. The Kier molecular flexibility index (Phi) is 3.58. The van der Waals surface area contributed by atoms with Gasteiger partial charge in [0.25, 0.3) is 0 Å². The molecule has 1 atom stereocenters. The molecule has 1 aliphatic heterocycles. The Morgan fingerprint density at radius 2 is 2.32 bits per heavy atom. The van der Waals surface area contributed by atoms with E-state index in [4.69, 9.17) is 9.26 Å². The average Bonchev–Trinajstić information content (AvgIpc) is 2.99. The number of rotatable bonds is 3. The Morgan fingerprint density at radius 1 is 1.42 bits per heavy atom. The molecule has 0 spiro atoms. The molecule has 3 heterocycles. The third kappa shape index (κ3) is 2.83. The predicted octanol–water partition coefficient (Wildman–Crippen LogP) is 1.72. The van der Waals surface area contributed by atoms with E-state index in [1.54, 1.807) is 11.3 Å². The SMILES string of the molecule is Cc1csc(CN2CCOC[C@@H]2c2nc(C)no2)n1. The molecule has 1 fully saturated rings. The van der Waals surface area contributed by atoms with Gasteiger partial charge in [0.1, 0.15) is 11.0 Å². The van der Waals surface area contributed by atoms with Crippen LogP contribution in [-0.4, -0.2) is 39.8 Å². The molecule has 0 aromatic carbocycles. The molecule has 0 bridgehead atoms. The molecule has 0 unspecified atom stereocenters. The average molecular weight is 280 g/mol. The van der Waals surface area contributed by atoms with Crippen LogP contribution < -0.4 is 0 Å². The molecule has 0 aliphatic carbocycles. The minimum Gasteiger partial charge on any atom is -0.378 e. The number of hydrogen-bond acceptors (Lipinski definition) is 7. The maximum Gasteiger partial charge on any atom is 0.246 e. The van der Waals surface area contributed by atoms with Crippen LogP contribution in [0.2, 0.25) is 0 Å². The molecule has 7 heteroatoms. The fourth-order valence-corrected chi connectivity index (χ4v) is 2.95. The Labute approximate surface area is 115 Å². The lowest BCUT2D eigenvalue weighted by Crippen LogP contribution is -2.39. The maximum absolute atomic E-state index is 5.53. The number of aromatic nitrogens is 3. The van der Waals surface area contributed by atoms with E-state index in [1.807, 2.05) is 13.8 Å². The van der Waals surface area contributed by atoms with Crippen molar-refractivity contribution in [3.05, 3.63) is 27.8 Å². The van der Waals surface area contributed by atoms with Crippen LogP contribution in [0.3, 0.4) is 0 Å². The first-order valence-corrected chi connectivity index (χ1v) is 7.13. The van der Waals surface area contributed by atoms with Crippen molar-refractivity contribution >= 4 is 11.3 Å². The molecule has 3 rings (SSSR count). The third-order valence-corrected chi connectivity index (χ3v) is 4.02. The summed E-state index contributed by atoms with van der Waals surface area (Å²) in [6.45, 7) is 6.81. The quantitative estimate of drug-likeness (QED) is 0.853.